The molecule has 1 aliphatic heterocycles. The van der Waals surface area contributed by atoms with Gasteiger partial charge in [-0.3, -0.25) is 9.89 Å². The summed E-state index contributed by atoms with van der Waals surface area (Å²) < 4.78 is 34.0. The van der Waals surface area contributed by atoms with Crippen LogP contribution in [0.2, 0.25) is 0 Å². The zero-order valence-electron chi connectivity index (χ0n) is 15.6. The van der Waals surface area contributed by atoms with Crippen LogP contribution in [0.1, 0.15) is 11.3 Å². The van der Waals surface area contributed by atoms with Crippen molar-refractivity contribution >= 4 is 29.9 Å². The minimum absolute atomic E-state index is 0. The van der Waals surface area contributed by atoms with E-state index in [2.05, 4.69) is 30.0 Å². The number of rotatable bonds is 6. The maximum atomic E-state index is 12.3. The Morgan fingerprint density at radius 1 is 1.29 bits per heavy atom. The number of nitrogens with zero attached hydrogens (tertiary/aromatic N) is 4. The highest BCUT2D eigenvalue weighted by molar-refractivity contribution is 14.0. The van der Waals surface area contributed by atoms with E-state index in [1.165, 1.54) is 6.07 Å². The van der Waals surface area contributed by atoms with Crippen LogP contribution in [-0.2, 0) is 13.1 Å². The topological polar surface area (TPSA) is 66.1 Å². The third-order valence-corrected chi connectivity index (χ3v) is 4.33. The van der Waals surface area contributed by atoms with Gasteiger partial charge in [-0.25, -0.2) is 0 Å². The number of hydrogen-bond acceptors (Lipinski definition) is 5. The van der Waals surface area contributed by atoms with Crippen molar-refractivity contribution in [2.24, 2.45) is 4.99 Å². The number of aromatic nitrogens is 1. The van der Waals surface area contributed by atoms with Crippen LogP contribution in [-0.4, -0.2) is 60.8 Å². The number of aliphatic imine (C=N–C) groups is 1. The number of halogens is 3. The van der Waals surface area contributed by atoms with E-state index in [0.29, 0.717) is 6.54 Å². The van der Waals surface area contributed by atoms with Gasteiger partial charge in [0.15, 0.2) is 5.96 Å². The lowest BCUT2D eigenvalue weighted by Crippen LogP contribution is -2.52. The van der Waals surface area contributed by atoms with E-state index in [9.17, 15) is 8.78 Å². The van der Waals surface area contributed by atoms with E-state index in [-0.39, 0.29) is 29.7 Å². The Balaban J connectivity index is 0.00000280. The summed E-state index contributed by atoms with van der Waals surface area (Å²) in [5, 5.41) is 7.23. The highest BCUT2D eigenvalue weighted by Gasteiger charge is 2.20. The zero-order chi connectivity index (χ0) is 19.1. The molecule has 0 spiro atoms. The third-order valence-electron chi connectivity index (χ3n) is 4.33. The van der Waals surface area contributed by atoms with Gasteiger partial charge in [-0.05, 0) is 17.7 Å². The van der Waals surface area contributed by atoms with Crippen molar-refractivity contribution in [1.82, 2.24) is 20.3 Å². The first kappa shape index (κ1) is 22.3. The highest BCUT2D eigenvalue weighted by Crippen LogP contribution is 2.16. The average Bonchev–Trinajstić information content (AvgIpc) is 3.16. The van der Waals surface area contributed by atoms with Crippen molar-refractivity contribution in [3.63, 3.8) is 0 Å². The lowest BCUT2D eigenvalue weighted by Gasteiger charge is -2.36. The lowest BCUT2D eigenvalue weighted by atomic mass is 10.2. The van der Waals surface area contributed by atoms with Gasteiger partial charge in [0.2, 0.25) is 0 Å². The van der Waals surface area contributed by atoms with Crippen molar-refractivity contribution < 1.29 is 18.0 Å². The maximum absolute atomic E-state index is 12.3. The van der Waals surface area contributed by atoms with Gasteiger partial charge >= 0.3 is 6.61 Å². The Kier molecular flexibility index (Phi) is 8.90. The summed E-state index contributed by atoms with van der Waals surface area (Å²) in [6, 6.07) is 8.54. The third kappa shape index (κ3) is 6.59. The summed E-state index contributed by atoms with van der Waals surface area (Å²) in [6.07, 6.45) is 1.58. The van der Waals surface area contributed by atoms with Crippen molar-refractivity contribution in [2.75, 3.05) is 33.2 Å². The van der Waals surface area contributed by atoms with Gasteiger partial charge in [0.1, 0.15) is 12.0 Å². The summed E-state index contributed by atoms with van der Waals surface area (Å²) >= 11 is 0. The number of piperazine rings is 1. The van der Waals surface area contributed by atoms with Gasteiger partial charge in [-0.15, -0.1) is 24.0 Å². The Labute approximate surface area is 179 Å². The number of ether oxygens (including phenoxy) is 1. The molecule has 0 radical (unpaired) electrons. The molecule has 0 amide bonds. The van der Waals surface area contributed by atoms with Gasteiger partial charge < -0.3 is 19.5 Å². The number of hydrogen-bond donors (Lipinski definition) is 1. The summed E-state index contributed by atoms with van der Waals surface area (Å²) in [6.45, 7) is 1.89. The van der Waals surface area contributed by atoms with Crippen LogP contribution in [0.25, 0.3) is 0 Å². The predicted molar refractivity (Wildman–Crippen MR) is 112 cm³/mol. The SMILES string of the molecule is CN=C(NCc1cccc(OC(F)F)c1)N1CCN(Cc2ccon2)CC1.I. The second-order valence-corrected chi connectivity index (χ2v) is 6.18. The molecule has 0 bridgehead atoms. The van der Waals surface area contributed by atoms with Crippen molar-refractivity contribution in [3.8, 4) is 5.75 Å². The predicted octanol–water partition coefficient (Wildman–Crippen LogP) is 2.79. The van der Waals surface area contributed by atoms with Crippen molar-refractivity contribution in [3.05, 3.63) is 47.9 Å². The molecule has 7 nitrogen and oxygen atoms in total. The van der Waals surface area contributed by atoms with E-state index in [4.69, 9.17) is 4.52 Å². The van der Waals surface area contributed by atoms with Gasteiger partial charge in [0.25, 0.3) is 0 Å². The normalized spacial score (nSPS) is 15.4. The second kappa shape index (κ2) is 11.1. The van der Waals surface area contributed by atoms with Gasteiger partial charge in [-0.1, -0.05) is 17.3 Å². The van der Waals surface area contributed by atoms with Crippen LogP contribution in [0, 0.1) is 0 Å². The van der Waals surface area contributed by atoms with E-state index >= 15 is 0 Å². The minimum Gasteiger partial charge on any atom is -0.435 e. The Morgan fingerprint density at radius 2 is 2.07 bits per heavy atom. The minimum atomic E-state index is -2.82. The molecule has 1 aliphatic rings. The summed E-state index contributed by atoms with van der Waals surface area (Å²) in [5.41, 5.74) is 1.77. The van der Waals surface area contributed by atoms with Crippen molar-refractivity contribution in [2.45, 2.75) is 19.7 Å². The van der Waals surface area contributed by atoms with Crippen molar-refractivity contribution in [1.29, 1.82) is 0 Å². The van der Waals surface area contributed by atoms with E-state index < -0.39 is 6.61 Å². The number of benzene rings is 1. The van der Waals surface area contributed by atoms with Gasteiger partial charge in [0.05, 0.1) is 5.69 Å². The summed E-state index contributed by atoms with van der Waals surface area (Å²) in [5.74, 6) is 0.942. The Hall–Kier alpha value is -1.95. The fraction of sp³-hybridized carbons (Fsp3) is 0.444. The maximum Gasteiger partial charge on any atom is 0.387 e. The largest absolute Gasteiger partial charge is 0.435 e. The molecule has 1 aromatic heterocycles. The first-order valence-electron chi connectivity index (χ1n) is 8.75. The number of nitrogens with one attached hydrogen (secondary N) is 1. The van der Waals surface area contributed by atoms with E-state index in [0.717, 1.165) is 49.9 Å². The molecule has 3 rings (SSSR count). The molecule has 10 heteroatoms. The molecule has 154 valence electrons. The summed E-state index contributed by atoms with van der Waals surface area (Å²) in [4.78, 5) is 8.82. The highest BCUT2D eigenvalue weighted by atomic mass is 127. The fourth-order valence-corrected chi connectivity index (χ4v) is 3.01. The lowest BCUT2D eigenvalue weighted by molar-refractivity contribution is -0.0498. The molecule has 0 atom stereocenters. The van der Waals surface area contributed by atoms with Crippen LogP contribution < -0.4 is 10.1 Å². The van der Waals surface area contributed by atoms with Crippen LogP contribution >= 0.6 is 24.0 Å². The van der Waals surface area contributed by atoms with Crippen LogP contribution in [0.15, 0.2) is 46.1 Å². The van der Waals surface area contributed by atoms with Crippen LogP contribution in [0.3, 0.4) is 0 Å². The molecule has 1 N–H and O–H groups in total. The summed E-state index contributed by atoms with van der Waals surface area (Å²) in [7, 11) is 1.74. The van der Waals surface area contributed by atoms with Crippen LogP contribution in [0.5, 0.6) is 5.75 Å². The molecule has 2 aromatic rings. The van der Waals surface area contributed by atoms with E-state index in [1.807, 2.05) is 12.1 Å². The standard InChI is InChI=1S/C18H23F2N5O2.HI/c1-21-18(22-12-14-3-2-4-16(11-14)27-17(19)20)25-8-6-24(7-9-25)13-15-5-10-26-23-15;/h2-5,10-11,17H,6-9,12-13H2,1H3,(H,21,22);1H. The molecule has 1 aromatic carbocycles. The smallest absolute Gasteiger partial charge is 0.387 e. The molecular formula is C18H24F2IN5O2. The molecule has 0 unspecified atom stereocenters. The molecule has 2 heterocycles. The average molecular weight is 507 g/mol. The Morgan fingerprint density at radius 3 is 2.71 bits per heavy atom. The molecule has 28 heavy (non-hydrogen) atoms. The number of alkyl halides is 2. The first-order chi connectivity index (χ1) is 13.1. The Bertz CT molecular complexity index is 737. The van der Waals surface area contributed by atoms with E-state index in [1.54, 1.807) is 25.4 Å². The zero-order valence-corrected chi connectivity index (χ0v) is 17.9. The molecule has 0 saturated carbocycles. The van der Waals surface area contributed by atoms with Crippen LogP contribution in [0.4, 0.5) is 8.78 Å². The fourth-order valence-electron chi connectivity index (χ4n) is 3.01. The van der Waals surface area contributed by atoms with Gasteiger partial charge in [-0.2, -0.15) is 8.78 Å². The number of guanidine groups is 1. The van der Waals surface area contributed by atoms with Gasteiger partial charge in [0, 0.05) is 52.4 Å². The molecule has 1 fully saturated rings. The second-order valence-electron chi connectivity index (χ2n) is 6.18. The first-order valence-corrected chi connectivity index (χ1v) is 8.75. The molecular weight excluding hydrogens is 483 g/mol. The molecule has 1 saturated heterocycles. The quantitative estimate of drug-likeness (QED) is 0.369. The molecule has 0 aliphatic carbocycles. The monoisotopic (exact) mass is 507 g/mol.